The van der Waals surface area contributed by atoms with E-state index >= 15 is 0 Å². The Bertz CT molecular complexity index is 669. The SMILES string of the molecule is Nc1cc(C(=O)Nc2ccc(F)cc2F)cc(Cl)c1Cl. The standard InChI is InChI=1S/C13H8Cl2F2N2O/c14-8-3-6(4-10(18)12(8)15)13(20)19-11-2-1-7(16)5-9(11)17/h1-5H,18H2,(H,19,20). The van der Waals surface area contributed by atoms with Crippen LogP contribution in [0.4, 0.5) is 20.2 Å². The molecule has 7 heteroatoms. The van der Waals surface area contributed by atoms with Crippen molar-refractivity contribution in [2.45, 2.75) is 0 Å². The molecular weight excluding hydrogens is 309 g/mol. The van der Waals surface area contributed by atoms with Crippen molar-refractivity contribution in [3.05, 3.63) is 57.6 Å². The Hall–Kier alpha value is -1.85. The topological polar surface area (TPSA) is 55.1 Å². The van der Waals surface area contributed by atoms with Gasteiger partial charge in [-0.1, -0.05) is 23.2 Å². The highest BCUT2D eigenvalue weighted by Crippen LogP contribution is 2.29. The van der Waals surface area contributed by atoms with Crippen LogP contribution in [0.3, 0.4) is 0 Å². The first-order valence-corrected chi connectivity index (χ1v) is 6.15. The van der Waals surface area contributed by atoms with Gasteiger partial charge in [-0.15, -0.1) is 0 Å². The predicted molar refractivity (Wildman–Crippen MR) is 75.2 cm³/mol. The van der Waals surface area contributed by atoms with Gasteiger partial charge in [0.15, 0.2) is 0 Å². The number of nitrogens with one attached hydrogen (secondary N) is 1. The van der Waals surface area contributed by atoms with Crippen molar-refractivity contribution in [2.24, 2.45) is 0 Å². The number of carbonyl (C=O) groups is 1. The Kier molecular flexibility index (Phi) is 4.11. The maximum atomic E-state index is 13.4. The lowest BCUT2D eigenvalue weighted by Crippen LogP contribution is -2.13. The van der Waals surface area contributed by atoms with Crippen molar-refractivity contribution in [3.8, 4) is 0 Å². The summed E-state index contributed by atoms with van der Waals surface area (Å²) in [6.07, 6.45) is 0. The van der Waals surface area contributed by atoms with E-state index in [2.05, 4.69) is 5.32 Å². The quantitative estimate of drug-likeness (QED) is 0.819. The molecule has 0 saturated carbocycles. The number of nitrogen functional groups attached to an aromatic ring is 1. The number of benzene rings is 2. The van der Waals surface area contributed by atoms with Gasteiger partial charge in [0.25, 0.3) is 5.91 Å². The van der Waals surface area contributed by atoms with Gasteiger partial charge in [0.05, 0.1) is 21.4 Å². The minimum absolute atomic E-state index is 0.108. The van der Waals surface area contributed by atoms with Gasteiger partial charge in [-0.2, -0.15) is 0 Å². The molecule has 0 bridgehead atoms. The number of halogens is 4. The lowest BCUT2D eigenvalue weighted by molar-refractivity contribution is 0.102. The van der Waals surface area contributed by atoms with Crippen molar-refractivity contribution in [3.63, 3.8) is 0 Å². The molecule has 0 aliphatic heterocycles. The Morgan fingerprint density at radius 3 is 2.45 bits per heavy atom. The number of rotatable bonds is 2. The molecular formula is C13H8Cl2F2N2O. The average molecular weight is 317 g/mol. The van der Waals surface area contributed by atoms with Crippen molar-refractivity contribution in [2.75, 3.05) is 11.1 Å². The number of anilines is 2. The molecule has 0 aliphatic rings. The highest BCUT2D eigenvalue weighted by atomic mass is 35.5. The lowest BCUT2D eigenvalue weighted by Gasteiger charge is -2.08. The Labute approximate surface area is 123 Å². The fourth-order valence-corrected chi connectivity index (χ4v) is 1.86. The summed E-state index contributed by atoms with van der Waals surface area (Å²) in [5.41, 5.74) is 5.67. The number of nitrogens with two attached hydrogens (primary N) is 1. The van der Waals surface area contributed by atoms with Crippen LogP contribution in [0.2, 0.25) is 10.0 Å². The van der Waals surface area contributed by atoms with Crippen molar-refractivity contribution in [1.82, 2.24) is 0 Å². The van der Waals surface area contributed by atoms with Gasteiger partial charge in [-0.3, -0.25) is 4.79 Å². The molecule has 3 N–H and O–H groups in total. The normalized spacial score (nSPS) is 10.4. The maximum absolute atomic E-state index is 13.4. The number of hydrogen-bond acceptors (Lipinski definition) is 2. The Balaban J connectivity index is 2.28. The Morgan fingerprint density at radius 2 is 1.85 bits per heavy atom. The molecule has 0 aliphatic carbocycles. The van der Waals surface area contributed by atoms with Crippen LogP contribution in [0, 0.1) is 11.6 Å². The minimum Gasteiger partial charge on any atom is -0.397 e. The third-order valence-electron chi connectivity index (χ3n) is 2.50. The molecule has 0 spiro atoms. The van der Waals surface area contributed by atoms with Gasteiger partial charge in [-0.25, -0.2) is 8.78 Å². The van der Waals surface area contributed by atoms with Crippen LogP contribution in [0.1, 0.15) is 10.4 Å². The van der Waals surface area contributed by atoms with Gasteiger partial charge in [0.1, 0.15) is 11.6 Å². The van der Waals surface area contributed by atoms with Crippen molar-refractivity contribution >= 4 is 40.5 Å². The van der Waals surface area contributed by atoms with E-state index in [0.29, 0.717) is 6.07 Å². The molecule has 3 nitrogen and oxygen atoms in total. The molecule has 0 unspecified atom stereocenters. The van der Waals surface area contributed by atoms with Crippen LogP contribution in [0.15, 0.2) is 30.3 Å². The zero-order valence-electron chi connectivity index (χ0n) is 9.88. The van der Waals surface area contributed by atoms with E-state index in [4.69, 9.17) is 28.9 Å². The highest BCUT2D eigenvalue weighted by Gasteiger charge is 2.13. The molecule has 2 aromatic rings. The van der Waals surface area contributed by atoms with E-state index in [1.54, 1.807) is 0 Å². The second-order valence-corrected chi connectivity index (χ2v) is 4.72. The smallest absolute Gasteiger partial charge is 0.255 e. The summed E-state index contributed by atoms with van der Waals surface area (Å²) < 4.78 is 26.2. The fraction of sp³-hybridized carbons (Fsp3) is 0. The van der Waals surface area contributed by atoms with Gasteiger partial charge in [0.2, 0.25) is 0 Å². The molecule has 104 valence electrons. The molecule has 1 amide bonds. The van der Waals surface area contributed by atoms with Gasteiger partial charge < -0.3 is 11.1 Å². The third kappa shape index (κ3) is 3.00. The molecule has 2 rings (SSSR count). The van der Waals surface area contributed by atoms with Crippen LogP contribution in [0.5, 0.6) is 0 Å². The van der Waals surface area contributed by atoms with Crippen LogP contribution >= 0.6 is 23.2 Å². The van der Waals surface area contributed by atoms with E-state index in [-0.39, 0.29) is 27.0 Å². The third-order valence-corrected chi connectivity index (χ3v) is 3.31. The fourth-order valence-electron chi connectivity index (χ4n) is 1.53. The number of carbonyl (C=O) groups excluding carboxylic acids is 1. The monoisotopic (exact) mass is 316 g/mol. The van der Waals surface area contributed by atoms with Gasteiger partial charge in [0, 0.05) is 11.6 Å². The van der Waals surface area contributed by atoms with Crippen molar-refractivity contribution in [1.29, 1.82) is 0 Å². The molecule has 20 heavy (non-hydrogen) atoms. The molecule has 0 saturated heterocycles. The zero-order chi connectivity index (χ0) is 14.9. The summed E-state index contributed by atoms with van der Waals surface area (Å²) >= 11 is 11.6. The maximum Gasteiger partial charge on any atom is 0.255 e. The van der Waals surface area contributed by atoms with Crippen molar-refractivity contribution < 1.29 is 13.6 Å². The predicted octanol–water partition coefficient (Wildman–Crippen LogP) is 4.11. The summed E-state index contributed by atoms with van der Waals surface area (Å²) in [6, 6.07) is 5.42. The molecule has 0 atom stereocenters. The lowest BCUT2D eigenvalue weighted by atomic mass is 10.2. The number of hydrogen-bond donors (Lipinski definition) is 2. The first kappa shape index (κ1) is 14.6. The summed E-state index contributed by atoms with van der Waals surface area (Å²) in [4.78, 5) is 11.9. The van der Waals surface area contributed by atoms with E-state index < -0.39 is 17.5 Å². The van der Waals surface area contributed by atoms with E-state index in [1.165, 1.54) is 12.1 Å². The van der Waals surface area contributed by atoms with E-state index in [0.717, 1.165) is 12.1 Å². The van der Waals surface area contributed by atoms with Gasteiger partial charge >= 0.3 is 0 Å². The second kappa shape index (κ2) is 5.64. The Morgan fingerprint density at radius 1 is 1.15 bits per heavy atom. The van der Waals surface area contributed by atoms with Crippen LogP contribution in [-0.4, -0.2) is 5.91 Å². The van der Waals surface area contributed by atoms with Crippen LogP contribution < -0.4 is 11.1 Å². The minimum atomic E-state index is -0.883. The van der Waals surface area contributed by atoms with Crippen LogP contribution in [-0.2, 0) is 0 Å². The van der Waals surface area contributed by atoms with Crippen LogP contribution in [0.25, 0.3) is 0 Å². The molecule has 0 fully saturated rings. The van der Waals surface area contributed by atoms with Gasteiger partial charge in [-0.05, 0) is 24.3 Å². The van der Waals surface area contributed by atoms with E-state index in [1.807, 2.05) is 0 Å². The summed E-state index contributed by atoms with van der Waals surface area (Å²) in [5, 5.41) is 2.53. The average Bonchev–Trinajstić information content (AvgIpc) is 2.38. The largest absolute Gasteiger partial charge is 0.397 e. The molecule has 0 heterocycles. The molecule has 0 aromatic heterocycles. The first-order valence-electron chi connectivity index (χ1n) is 5.39. The molecule has 2 aromatic carbocycles. The first-order chi connectivity index (χ1) is 9.38. The zero-order valence-corrected chi connectivity index (χ0v) is 11.4. The molecule has 0 radical (unpaired) electrons. The summed E-state index contributed by atoms with van der Waals surface area (Å²) in [7, 11) is 0. The second-order valence-electron chi connectivity index (χ2n) is 3.94. The summed E-state index contributed by atoms with van der Waals surface area (Å²) in [6.45, 7) is 0. The summed E-state index contributed by atoms with van der Waals surface area (Å²) in [5.74, 6) is -2.26. The number of amides is 1. The van der Waals surface area contributed by atoms with E-state index in [9.17, 15) is 13.6 Å². The highest BCUT2D eigenvalue weighted by molar-refractivity contribution is 6.44.